The fraction of sp³-hybridized carbons (Fsp3) is 0.500. The number of hydrogen-bond donors (Lipinski definition) is 7. The van der Waals surface area contributed by atoms with Crippen molar-refractivity contribution in [2.45, 2.75) is 30.7 Å². The van der Waals surface area contributed by atoms with Gasteiger partial charge in [0.1, 0.15) is 24.4 Å². The molecule has 23 heavy (non-hydrogen) atoms. The topological polar surface area (TPSA) is 176 Å². The number of aliphatic carboxylic acids is 1. The Bertz CT molecular complexity index is 479. The van der Waals surface area contributed by atoms with Crippen LogP contribution >= 0.6 is 0 Å². The summed E-state index contributed by atoms with van der Waals surface area (Å²) in [5, 5.41) is 52.8. The van der Waals surface area contributed by atoms with Crippen LogP contribution in [0.1, 0.15) is 5.69 Å². The van der Waals surface area contributed by atoms with Crippen molar-refractivity contribution in [1.82, 2.24) is 9.97 Å². The quantitative estimate of drug-likeness (QED) is 0.205. The van der Waals surface area contributed by atoms with Crippen molar-refractivity contribution in [1.29, 1.82) is 0 Å². The normalized spacial score (nSPS) is 30.2. The van der Waals surface area contributed by atoms with Gasteiger partial charge in [0.25, 0.3) is 0 Å². The first kappa shape index (κ1) is 21.9. The van der Waals surface area contributed by atoms with Gasteiger partial charge in [0.05, 0.1) is 24.8 Å². The smallest absolute Gasteiger partial charge is 0.328 e. The van der Waals surface area contributed by atoms with E-state index in [9.17, 15) is 4.79 Å². The van der Waals surface area contributed by atoms with Crippen molar-refractivity contribution in [3.05, 3.63) is 24.3 Å². The number of H-pyrrole nitrogens is 1. The molecule has 0 bridgehead atoms. The van der Waals surface area contributed by atoms with Gasteiger partial charge in [-0.2, -0.15) is 0 Å². The molecular weight excluding hydrogens is 396 g/mol. The molecule has 130 valence electrons. The second kappa shape index (κ2) is 10.6. The Morgan fingerprint density at radius 3 is 2.39 bits per heavy atom. The average Bonchev–Trinajstić information content (AvgIpc) is 3.01. The van der Waals surface area contributed by atoms with Crippen molar-refractivity contribution in [3.8, 4) is 0 Å². The van der Waals surface area contributed by atoms with E-state index >= 15 is 0 Å². The van der Waals surface area contributed by atoms with Crippen LogP contribution in [0.25, 0.3) is 6.08 Å². The van der Waals surface area contributed by atoms with Gasteiger partial charge in [0.15, 0.2) is 6.29 Å². The van der Waals surface area contributed by atoms with Crippen LogP contribution in [0.3, 0.4) is 0 Å². The number of imidazole rings is 1. The summed E-state index contributed by atoms with van der Waals surface area (Å²) in [7, 11) is 0. The molecule has 1 fully saturated rings. The number of carboxylic acids is 1. The number of aromatic amines is 1. The first-order valence-electron chi connectivity index (χ1n) is 6.24. The molecule has 7 N–H and O–H groups in total. The maximum Gasteiger partial charge on any atom is 0.328 e. The summed E-state index contributed by atoms with van der Waals surface area (Å²) in [5.41, 5.74) is 0.683. The molecule has 0 aromatic carbocycles. The Morgan fingerprint density at radius 1 is 1.26 bits per heavy atom. The van der Waals surface area contributed by atoms with E-state index in [1.54, 1.807) is 6.20 Å². The van der Waals surface area contributed by atoms with Gasteiger partial charge < -0.3 is 40.4 Å². The Labute approximate surface area is 145 Å². The number of carboxylic acid groups (broad SMARTS) is 1. The molecule has 0 saturated carbocycles. The predicted molar refractivity (Wildman–Crippen MR) is 71.2 cm³/mol. The molecule has 10 nitrogen and oxygen atoms in total. The van der Waals surface area contributed by atoms with E-state index < -0.39 is 43.3 Å². The van der Waals surface area contributed by atoms with Crippen molar-refractivity contribution >= 4 is 12.0 Å². The minimum Gasteiger partial charge on any atom is -0.478 e. The van der Waals surface area contributed by atoms with E-state index in [1.165, 1.54) is 12.4 Å². The fourth-order valence-corrected chi connectivity index (χ4v) is 1.60. The van der Waals surface area contributed by atoms with E-state index in [1.807, 2.05) is 0 Å². The van der Waals surface area contributed by atoms with E-state index in [2.05, 4.69) is 14.7 Å². The van der Waals surface area contributed by atoms with Gasteiger partial charge >= 0.3 is 5.97 Å². The Balaban J connectivity index is 0.000000409. The van der Waals surface area contributed by atoms with E-state index in [0.29, 0.717) is 5.69 Å². The number of ether oxygens (including phenoxy) is 1. The molecule has 1 saturated heterocycles. The van der Waals surface area contributed by atoms with Crippen LogP contribution in [-0.4, -0.2) is 83.9 Å². The van der Waals surface area contributed by atoms with Crippen LogP contribution in [0.5, 0.6) is 0 Å². The molecule has 2 rings (SSSR count). The maximum absolute atomic E-state index is 9.97. The fourth-order valence-electron chi connectivity index (χ4n) is 1.60. The van der Waals surface area contributed by atoms with Gasteiger partial charge in [-0.05, 0) is 6.08 Å². The van der Waals surface area contributed by atoms with Crippen LogP contribution in [-0.2, 0) is 30.6 Å². The Hall–Kier alpha value is -1.13. The summed E-state index contributed by atoms with van der Waals surface area (Å²) >= 11 is 0. The number of hydrogen-bond acceptors (Lipinski definition) is 8. The number of carbonyl (C=O) groups is 1. The molecule has 5 atom stereocenters. The predicted octanol–water partition coefficient (Wildman–Crippen LogP) is -2.72. The zero-order valence-corrected chi connectivity index (χ0v) is 13.8. The molecule has 1 aromatic heterocycles. The van der Waals surface area contributed by atoms with Gasteiger partial charge in [0.2, 0.25) is 0 Å². The zero-order chi connectivity index (χ0) is 16.7. The monoisotopic (exact) mass is 416 g/mol. The van der Waals surface area contributed by atoms with Crippen molar-refractivity contribution in [2.75, 3.05) is 6.61 Å². The molecular formula is C12H18MoN2O8. The van der Waals surface area contributed by atoms with E-state index in [-0.39, 0.29) is 21.1 Å². The largest absolute Gasteiger partial charge is 0.478 e. The van der Waals surface area contributed by atoms with Crippen LogP contribution < -0.4 is 0 Å². The van der Waals surface area contributed by atoms with Crippen LogP contribution in [0.4, 0.5) is 0 Å². The molecule has 0 aliphatic carbocycles. The molecule has 1 unspecified atom stereocenters. The van der Waals surface area contributed by atoms with Crippen LogP contribution in [0, 0.1) is 0 Å². The van der Waals surface area contributed by atoms with Gasteiger partial charge in [-0.25, -0.2) is 9.78 Å². The number of nitrogens with zero attached hydrogens (tertiary/aromatic N) is 1. The van der Waals surface area contributed by atoms with Crippen molar-refractivity contribution in [3.63, 3.8) is 0 Å². The number of rotatable bonds is 3. The second-order valence-corrected chi connectivity index (χ2v) is 4.40. The Kier molecular flexibility index (Phi) is 10.1. The first-order valence-corrected chi connectivity index (χ1v) is 6.24. The molecule has 1 aliphatic rings. The van der Waals surface area contributed by atoms with E-state index in [4.69, 9.17) is 30.6 Å². The maximum atomic E-state index is 9.97. The minimum absolute atomic E-state index is 0. The second-order valence-electron chi connectivity index (χ2n) is 4.40. The average molecular weight is 414 g/mol. The van der Waals surface area contributed by atoms with Crippen molar-refractivity contribution in [2.24, 2.45) is 0 Å². The molecule has 0 radical (unpaired) electrons. The summed E-state index contributed by atoms with van der Waals surface area (Å²) in [6.45, 7) is -0.526. The summed E-state index contributed by atoms with van der Waals surface area (Å²) < 4.78 is 4.58. The molecule has 1 aliphatic heterocycles. The SMILES string of the molecule is O=C(O)/C=C/c1cnc[nH]1.OC[C@H]1OC(O)[C@H](O)[C@@H](O)[C@H]1O.[Mo]. The van der Waals surface area contributed by atoms with Gasteiger partial charge in [-0.1, -0.05) is 0 Å². The molecule has 11 heteroatoms. The van der Waals surface area contributed by atoms with Gasteiger partial charge in [0, 0.05) is 27.1 Å². The van der Waals surface area contributed by atoms with Crippen molar-refractivity contribution < 1.29 is 61.2 Å². The molecule has 1 aromatic rings. The molecule has 2 heterocycles. The Morgan fingerprint density at radius 2 is 1.91 bits per heavy atom. The summed E-state index contributed by atoms with van der Waals surface area (Å²) in [6.07, 6.45) is -1.52. The molecule has 0 amide bonds. The third-order valence-corrected chi connectivity index (χ3v) is 2.79. The van der Waals surface area contributed by atoms with Crippen LogP contribution in [0.2, 0.25) is 0 Å². The third-order valence-electron chi connectivity index (χ3n) is 2.79. The minimum atomic E-state index is -1.57. The standard InChI is InChI=1S/C6H6N2O2.C6H12O6.Mo/c9-6(10)2-1-5-3-7-4-8-5;7-1-2-3(8)4(9)5(10)6(11)12-2;/h1-4H,(H,7,8)(H,9,10);2-11H,1H2;/b2-1+;;/t;2-,3+,4+,5-,6?;/m.1./s1. The number of aliphatic hydroxyl groups excluding tert-OH is 5. The number of aliphatic hydroxyl groups is 5. The third kappa shape index (κ3) is 6.88. The van der Waals surface area contributed by atoms with Gasteiger partial charge in [-0.3, -0.25) is 0 Å². The number of nitrogens with one attached hydrogen (secondary N) is 1. The van der Waals surface area contributed by atoms with E-state index in [0.717, 1.165) is 6.08 Å². The summed E-state index contributed by atoms with van der Waals surface area (Å²) in [4.78, 5) is 16.4. The van der Waals surface area contributed by atoms with Gasteiger partial charge in [-0.15, -0.1) is 0 Å². The zero-order valence-electron chi connectivity index (χ0n) is 11.8. The summed E-state index contributed by atoms with van der Waals surface area (Å²) in [6, 6.07) is 0. The summed E-state index contributed by atoms with van der Waals surface area (Å²) in [5.74, 6) is -0.963. The van der Waals surface area contributed by atoms with Crippen LogP contribution in [0.15, 0.2) is 18.6 Å². The number of aromatic nitrogens is 2. The molecule has 0 spiro atoms. The first-order chi connectivity index (χ1) is 10.4.